The van der Waals surface area contributed by atoms with E-state index in [4.69, 9.17) is 0 Å². The van der Waals surface area contributed by atoms with Crippen molar-refractivity contribution in [1.82, 2.24) is 14.9 Å². The van der Waals surface area contributed by atoms with Gasteiger partial charge < -0.3 is 9.88 Å². The van der Waals surface area contributed by atoms with Gasteiger partial charge in [-0.3, -0.25) is 0 Å². The molecule has 0 radical (unpaired) electrons. The Kier molecular flexibility index (Phi) is 4.84. The van der Waals surface area contributed by atoms with Gasteiger partial charge in [-0.25, -0.2) is 4.98 Å². The molecule has 1 heterocycles. The van der Waals surface area contributed by atoms with E-state index in [9.17, 15) is 0 Å². The van der Waals surface area contributed by atoms with Crippen LogP contribution in [0.15, 0.2) is 41.7 Å². The second-order valence-corrected chi connectivity index (χ2v) is 5.03. The molecule has 0 spiro atoms. The van der Waals surface area contributed by atoms with E-state index >= 15 is 0 Å². The lowest BCUT2D eigenvalue weighted by molar-refractivity contribution is 0.666. The average Bonchev–Trinajstić information content (AvgIpc) is 2.88. The first-order valence-corrected chi connectivity index (χ1v) is 7.44. The smallest absolute Gasteiger partial charge is 0.0995 e. The van der Waals surface area contributed by atoms with Crippen molar-refractivity contribution >= 4 is 11.8 Å². The third kappa shape index (κ3) is 3.37. The van der Waals surface area contributed by atoms with Gasteiger partial charge in [0.05, 0.1) is 12.0 Å². The first kappa shape index (κ1) is 13.2. The van der Waals surface area contributed by atoms with E-state index in [0.717, 1.165) is 30.9 Å². The molecule has 0 aliphatic heterocycles. The summed E-state index contributed by atoms with van der Waals surface area (Å²) in [6, 6.07) is 8.51. The minimum absolute atomic E-state index is 0.837. The summed E-state index contributed by atoms with van der Waals surface area (Å²) in [6.07, 6.45) is 7.19. The molecule has 0 atom stereocenters. The van der Waals surface area contributed by atoms with E-state index < -0.39 is 0 Å². The number of aromatic nitrogens is 2. The van der Waals surface area contributed by atoms with E-state index in [1.54, 1.807) is 11.8 Å². The second kappa shape index (κ2) is 6.61. The number of imidazole rings is 1. The number of hydrogen-bond donors (Lipinski definition) is 1. The van der Waals surface area contributed by atoms with Crippen LogP contribution in [0.4, 0.5) is 0 Å². The van der Waals surface area contributed by atoms with Gasteiger partial charge in [0.2, 0.25) is 0 Å². The Labute approximate surface area is 113 Å². The van der Waals surface area contributed by atoms with Gasteiger partial charge in [-0.1, -0.05) is 6.92 Å². The van der Waals surface area contributed by atoms with Gasteiger partial charge >= 0.3 is 0 Å². The minimum Gasteiger partial charge on any atom is -0.311 e. The quantitative estimate of drug-likeness (QED) is 0.640. The summed E-state index contributed by atoms with van der Waals surface area (Å²) in [7, 11) is 0. The summed E-state index contributed by atoms with van der Waals surface area (Å²) < 4.78 is 2.06. The van der Waals surface area contributed by atoms with Gasteiger partial charge in [0, 0.05) is 23.3 Å². The Morgan fingerprint density at radius 1 is 1.28 bits per heavy atom. The van der Waals surface area contributed by atoms with Crippen LogP contribution in [0, 0.1) is 0 Å². The van der Waals surface area contributed by atoms with Crippen LogP contribution in [0.2, 0.25) is 0 Å². The van der Waals surface area contributed by atoms with Crippen LogP contribution in [0.1, 0.15) is 19.0 Å². The molecule has 3 nitrogen and oxygen atoms in total. The number of rotatable bonds is 6. The summed E-state index contributed by atoms with van der Waals surface area (Å²) in [4.78, 5) is 5.68. The fourth-order valence-electron chi connectivity index (χ4n) is 1.74. The Balaban J connectivity index is 2.04. The SMILES string of the molecule is CCCNCc1cn(-c2ccc(SC)cc2)cn1. The van der Waals surface area contributed by atoms with Gasteiger partial charge in [-0.05, 0) is 43.5 Å². The molecule has 0 saturated heterocycles. The monoisotopic (exact) mass is 261 g/mol. The first-order chi connectivity index (χ1) is 8.83. The molecule has 4 heteroatoms. The molecule has 0 unspecified atom stereocenters. The highest BCUT2D eigenvalue weighted by Gasteiger charge is 2.00. The maximum atomic E-state index is 4.40. The number of nitrogens with zero attached hydrogens (tertiary/aromatic N) is 2. The summed E-state index contributed by atoms with van der Waals surface area (Å²) in [5.74, 6) is 0. The molecule has 2 rings (SSSR count). The van der Waals surface area contributed by atoms with Gasteiger partial charge in [0.1, 0.15) is 0 Å². The fourth-order valence-corrected chi connectivity index (χ4v) is 2.15. The van der Waals surface area contributed by atoms with Crippen LogP contribution in [0.5, 0.6) is 0 Å². The van der Waals surface area contributed by atoms with E-state index in [-0.39, 0.29) is 0 Å². The van der Waals surface area contributed by atoms with Crippen molar-refractivity contribution in [1.29, 1.82) is 0 Å². The van der Waals surface area contributed by atoms with E-state index in [1.165, 1.54) is 4.90 Å². The largest absolute Gasteiger partial charge is 0.311 e. The zero-order valence-corrected chi connectivity index (χ0v) is 11.7. The Morgan fingerprint density at radius 3 is 2.72 bits per heavy atom. The van der Waals surface area contributed by atoms with Crippen LogP contribution in [0.3, 0.4) is 0 Å². The molecule has 0 bridgehead atoms. The van der Waals surface area contributed by atoms with Crippen LogP contribution in [0.25, 0.3) is 5.69 Å². The average molecular weight is 261 g/mol. The van der Waals surface area contributed by atoms with Crippen molar-refractivity contribution in [3.8, 4) is 5.69 Å². The topological polar surface area (TPSA) is 29.9 Å². The highest BCUT2D eigenvalue weighted by atomic mass is 32.2. The normalized spacial score (nSPS) is 10.8. The number of nitrogens with one attached hydrogen (secondary N) is 1. The maximum absolute atomic E-state index is 4.40. The molecule has 0 aliphatic rings. The molecule has 0 amide bonds. The van der Waals surface area contributed by atoms with Crippen molar-refractivity contribution in [2.75, 3.05) is 12.8 Å². The molecular weight excluding hydrogens is 242 g/mol. The van der Waals surface area contributed by atoms with Gasteiger partial charge in [-0.15, -0.1) is 11.8 Å². The third-order valence-corrected chi connectivity index (χ3v) is 3.48. The third-order valence-electron chi connectivity index (χ3n) is 2.74. The Morgan fingerprint density at radius 2 is 2.06 bits per heavy atom. The predicted molar refractivity (Wildman–Crippen MR) is 77.3 cm³/mol. The summed E-state index contributed by atoms with van der Waals surface area (Å²) in [5.41, 5.74) is 2.24. The number of benzene rings is 1. The lowest BCUT2D eigenvalue weighted by Crippen LogP contribution is -2.13. The molecule has 0 saturated carbocycles. The zero-order valence-electron chi connectivity index (χ0n) is 10.9. The molecule has 18 heavy (non-hydrogen) atoms. The second-order valence-electron chi connectivity index (χ2n) is 4.15. The highest BCUT2D eigenvalue weighted by Crippen LogP contribution is 2.17. The molecule has 0 aliphatic carbocycles. The summed E-state index contributed by atoms with van der Waals surface area (Å²) in [6.45, 7) is 4.04. The molecule has 2 aromatic rings. The van der Waals surface area contributed by atoms with Crippen molar-refractivity contribution in [3.05, 3.63) is 42.5 Å². The van der Waals surface area contributed by atoms with E-state index in [2.05, 4.69) is 58.5 Å². The van der Waals surface area contributed by atoms with Crippen molar-refractivity contribution in [3.63, 3.8) is 0 Å². The van der Waals surface area contributed by atoms with E-state index in [0.29, 0.717) is 0 Å². The van der Waals surface area contributed by atoms with Crippen LogP contribution in [-0.2, 0) is 6.54 Å². The molecule has 1 N–H and O–H groups in total. The molecule has 96 valence electrons. The minimum atomic E-state index is 0.837. The lowest BCUT2D eigenvalue weighted by Gasteiger charge is -2.03. The summed E-state index contributed by atoms with van der Waals surface area (Å²) >= 11 is 1.76. The van der Waals surface area contributed by atoms with Gasteiger partial charge in [-0.2, -0.15) is 0 Å². The lowest BCUT2D eigenvalue weighted by atomic mass is 10.3. The first-order valence-electron chi connectivity index (χ1n) is 6.21. The molecule has 1 aromatic heterocycles. The van der Waals surface area contributed by atoms with Crippen molar-refractivity contribution in [2.24, 2.45) is 0 Å². The standard InChI is InChI=1S/C14H19N3S/c1-3-8-15-9-12-10-17(11-16-12)13-4-6-14(18-2)7-5-13/h4-7,10-11,15H,3,8-9H2,1-2H3. The maximum Gasteiger partial charge on any atom is 0.0995 e. The highest BCUT2D eigenvalue weighted by molar-refractivity contribution is 7.98. The molecule has 1 aromatic carbocycles. The molecular formula is C14H19N3S. The molecule has 0 fully saturated rings. The number of thioether (sulfide) groups is 1. The predicted octanol–water partition coefficient (Wildman–Crippen LogP) is 3.09. The van der Waals surface area contributed by atoms with Crippen molar-refractivity contribution in [2.45, 2.75) is 24.8 Å². The zero-order chi connectivity index (χ0) is 12.8. The van der Waals surface area contributed by atoms with Gasteiger partial charge in [0.25, 0.3) is 0 Å². The van der Waals surface area contributed by atoms with Gasteiger partial charge in [0.15, 0.2) is 0 Å². The Hall–Kier alpha value is -1.26. The fraction of sp³-hybridized carbons (Fsp3) is 0.357. The van der Waals surface area contributed by atoms with Crippen LogP contribution < -0.4 is 5.32 Å². The van der Waals surface area contributed by atoms with Crippen LogP contribution in [-0.4, -0.2) is 22.4 Å². The van der Waals surface area contributed by atoms with Crippen molar-refractivity contribution < 1.29 is 0 Å². The van der Waals surface area contributed by atoms with E-state index in [1.807, 2.05) is 6.33 Å². The summed E-state index contributed by atoms with van der Waals surface area (Å²) in [5, 5.41) is 3.36. The van der Waals surface area contributed by atoms with Crippen LogP contribution >= 0.6 is 11.8 Å². The Bertz CT molecular complexity index is 476. The number of hydrogen-bond acceptors (Lipinski definition) is 3.